The van der Waals surface area contributed by atoms with Gasteiger partial charge in [0.15, 0.2) is 6.29 Å². The molecule has 0 spiro atoms. The molecule has 0 aliphatic carbocycles. The Hall–Kier alpha value is -1.88. The van der Waals surface area contributed by atoms with Gasteiger partial charge in [-0.1, -0.05) is 15.9 Å². The number of pyridine rings is 1. The van der Waals surface area contributed by atoms with Gasteiger partial charge >= 0.3 is 0 Å². The van der Waals surface area contributed by atoms with Crippen LogP contribution in [0.3, 0.4) is 0 Å². The molecule has 0 saturated heterocycles. The molecular formula is C15H14BrNO3. The first-order valence-corrected chi connectivity index (χ1v) is 6.81. The summed E-state index contributed by atoms with van der Waals surface area (Å²) >= 11 is 3.36. The number of hydrogen-bond acceptors (Lipinski definition) is 4. The van der Waals surface area contributed by atoms with Crippen molar-refractivity contribution in [2.45, 2.75) is 13.5 Å². The fourth-order valence-electron chi connectivity index (χ4n) is 1.91. The zero-order valence-corrected chi connectivity index (χ0v) is 12.8. The molecule has 0 aliphatic heterocycles. The summed E-state index contributed by atoms with van der Waals surface area (Å²) in [6.07, 6.45) is 2.44. The molecular weight excluding hydrogens is 322 g/mol. The van der Waals surface area contributed by atoms with Gasteiger partial charge in [0, 0.05) is 10.7 Å². The number of carbonyl (C=O) groups is 1. The summed E-state index contributed by atoms with van der Waals surface area (Å²) in [4.78, 5) is 15.2. The van der Waals surface area contributed by atoms with Gasteiger partial charge in [-0.3, -0.25) is 4.79 Å². The first kappa shape index (κ1) is 14.5. The van der Waals surface area contributed by atoms with E-state index in [2.05, 4.69) is 20.9 Å². The number of carbonyl (C=O) groups excluding carboxylic acids is 1. The third-order valence-electron chi connectivity index (χ3n) is 2.81. The van der Waals surface area contributed by atoms with Crippen LogP contribution in [0.1, 0.15) is 21.5 Å². The summed E-state index contributed by atoms with van der Waals surface area (Å²) in [6.45, 7) is 2.19. The molecule has 20 heavy (non-hydrogen) atoms. The number of aryl methyl sites for hydroxylation is 1. The van der Waals surface area contributed by atoms with E-state index in [-0.39, 0.29) is 0 Å². The van der Waals surface area contributed by atoms with Gasteiger partial charge in [-0.15, -0.1) is 0 Å². The number of rotatable bonds is 5. The highest BCUT2D eigenvalue weighted by atomic mass is 79.9. The van der Waals surface area contributed by atoms with Crippen LogP contribution in [0.5, 0.6) is 11.6 Å². The van der Waals surface area contributed by atoms with Crippen molar-refractivity contribution in [1.29, 1.82) is 0 Å². The van der Waals surface area contributed by atoms with Crippen molar-refractivity contribution in [3.05, 3.63) is 51.6 Å². The molecule has 0 bridgehead atoms. The van der Waals surface area contributed by atoms with Crippen LogP contribution >= 0.6 is 15.9 Å². The second-order valence-corrected chi connectivity index (χ2v) is 5.14. The highest BCUT2D eigenvalue weighted by Crippen LogP contribution is 2.28. The number of hydrogen-bond donors (Lipinski definition) is 0. The molecule has 0 fully saturated rings. The predicted molar refractivity (Wildman–Crippen MR) is 79.4 cm³/mol. The van der Waals surface area contributed by atoms with Crippen molar-refractivity contribution in [1.82, 2.24) is 4.98 Å². The monoisotopic (exact) mass is 335 g/mol. The second-order valence-electron chi connectivity index (χ2n) is 4.22. The molecule has 0 amide bonds. The van der Waals surface area contributed by atoms with Gasteiger partial charge in [-0.05, 0) is 36.8 Å². The molecule has 4 nitrogen and oxygen atoms in total. The minimum Gasteiger partial charge on any atom is -0.488 e. The molecule has 0 unspecified atom stereocenters. The first-order chi connectivity index (χ1) is 9.65. The number of nitrogens with zero attached hydrogens (tertiary/aromatic N) is 1. The van der Waals surface area contributed by atoms with Crippen molar-refractivity contribution in [3.8, 4) is 11.6 Å². The Balaban J connectivity index is 2.25. The Labute approximate surface area is 125 Å². The maximum absolute atomic E-state index is 11.1. The normalized spacial score (nSPS) is 10.2. The number of aldehydes is 1. The van der Waals surface area contributed by atoms with E-state index in [9.17, 15) is 4.79 Å². The van der Waals surface area contributed by atoms with E-state index in [0.29, 0.717) is 23.8 Å². The zero-order chi connectivity index (χ0) is 14.5. The van der Waals surface area contributed by atoms with E-state index in [1.807, 2.05) is 25.1 Å². The number of ether oxygens (including phenoxy) is 2. The third kappa shape index (κ3) is 3.17. The van der Waals surface area contributed by atoms with Gasteiger partial charge in [0.2, 0.25) is 5.88 Å². The standard InChI is InChI=1S/C15H14BrNO3/c1-10-6-13(16)7-12(8-18)14(10)20-9-11-4-3-5-17-15(11)19-2/h3-8H,9H2,1-2H3. The Morgan fingerprint density at radius 3 is 2.90 bits per heavy atom. The fraction of sp³-hybridized carbons (Fsp3) is 0.200. The summed E-state index contributed by atoms with van der Waals surface area (Å²) in [5.74, 6) is 1.10. The van der Waals surface area contributed by atoms with E-state index < -0.39 is 0 Å². The predicted octanol–water partition coefficient (Wildman–Crippen LogP) is 3.55. The number of benzene rings is 1. The summed E-state index contributed by atoms with van der Waals surface area (Å²) in [5.41, 5.74) is 2.23. The molecule has 0 aliphatic rings. The lowest BCUT2D eigenvalue weighted by Crippen LogP contribution is -2.03. The Morgan fingerprint density at radius 1 is 1.40 bits per heavy atom. The van der Waals surface area contributed by atoms with Crippen LogP contribution in [0.4, 0.5) is 0 Å². The molecule has 2 aromatic rings. The lowest BCUT2D eigenvalue weighted by molar-refractivity contribution is 0.111. The molecule has 1 heterocycles. The first-order valence-electron chi connectivity index (χ1n) is 6.01. The Bertz CT molecular complexity index is 629. The van der Waals surface area contributed by atoms with Crippen molar-refractivity contribution in [2.24, 2.45) is 0 Å². The van der Waals surface area contributed by atoms with E-state index in [1.54, 1.807) is 19.4 Å². The maximum atomic E-state index is 11.1. The van der Waals surface area contributed by atoms with Gasteiger partial charge in [-0.2, -0.15) is 0 Å². The van der Waals surface area contributed by atoms with Crippen molar-refractivity contribution in [3.63, 3.8) is 0 Å². The molecule has 2 rings (SSSR count). The summed E-state index contributed by atoms with van der Waals surface area (Å²) in [7, 11) is 1.56. The van der Waals surface area contributed by atoms with Gasteiger partial charge in [-0.25, -0.2) is 4.98 Å². The summed E-state index contributed by atoms with van der Waals surface area (Å²) in [5, 5.41) is 0. The van der Waals surface area contributed by atoms with Crippen LogP contribution in [0.25, 0.3) is 0 Å². The van der Waals surface area contributed by atoms with E-state index in [4.69, 9.17) is 9.47 Å². The highest BCUT2D eigenvalue weighted by molar-refractivity contribution is 9.10. The lowest BCUT2D eigenvalue weighted by atomic mass is 10.1. The van der Waals surface area contributed by atoms with E-state index in [0.717, 1.165) is 21.9 Å². The summed E-state index contributed by atoms with van der Waals surface area (Å²) in [6, 6.07) is 7.33. The molecule has 0 radical (unpaired) electrons. The molecule has 1 aromatic heterocycles. The number of methoxy groups -OCH3 is 1. The molecule has 0 saturated carbocycles. The minimum atomic E-state index is 0.292. The topological polar surface area (TPSA) is 48.4 Å². The Morgan fingerprint density at radius 2 is 2.20 bits per heavy atom. The average Bonchev–Trinajstić information content (AvgIpc) is 2.45. The smallest absolute Gasteiger partial charge is 0.219 e. The maximum Gasteiger partial charge on any atom is 0.219 e. The van der Waals surface area contributed by atoms with Crippen LogP contribution in [-0.4, -0.2) is 18.4 Å². The van der Waals surface area contributed by atoms with Crippen LogP contribution in [0, 0.1) is 6.92 Å². The molecule has 1 aromatic carbocycles. The number of aromatic nitrogens is 1. The van der Waals surface area contributed by atoms with E-state index >= 15 is 0 Å². The van der Waals surface area contributed by atoms with Gasteiger partial charge in [0.25, 0.3) is 0 Å². The molecule has 5 heteroatoms. The zero-order valence-electron chi connectivity index (χ0n) is 11.2. The van der Waals surface area contributed by atoms with Gasteiger partial charge in [0.1, 0.15) is 12.4 Å². The van der Waals surface area contributed by atoms with Gasteiger partial charge in [0.05, 0.1) is 18.2 Å². The molecule has 104 valence electrons. The van der Waals surface area contributed by atoms with Crippen molar-refractivity contribution in [2.75, 3.05) is 7.11 Å². The fourth-order valence-corrected chi connectivity index (χ4v) is 2.50. The third-order valence-corrected chi connectivity index (χ3v) is 3.27. The van der Waals surface area contributed by atoms with Crippen LogP contribution in [-0.2, 0) is 6.61 Å². The average molecular weight is 336 g/mol. The number of halogens is 1. The SMILES string of the molecule is COc1ncccc1COc1c(C)cc(Br)cc1C=O. The minimum absolute atomic E-state index is 0.292. The van der Waals surface area contributed by atoms with Crippen molar-refractivity contribution < 1.29 is 14.3 Å². The quantitative estimate of drug-likeness (QED) is 0.784. The van der Waals surface area contributed by atoms with Gasteiger partial charge < -0.3 is 9.47 Å². The molecule has 0 N–H and O–H groups in total. The van der Waals surface area contributed by atoms with Crippen LogP contribution < -0.4 is 9.47 Å². The highest BCUT2D eigenvalue weighted by Gasteiger charge is 2.10. The largest absolute Gasteiger partial charge is 0.488 e. The van der Waals surface area contributed by atoms with E-state index in [1.165, 1.54) is 0 Å². The lowest BCUT2D eigenvalue weighted by Gasteiger charge is -2.13. The van der Waals surface area contributed by atoms with Crippen LogP contribution in [0.2, 0.25) is 0 Å². The second kappa shape index (κ2) is 6.52. The molecule has 0 atom stereocenters. The van der Waals surface area contributed by atoms with Crippen LogP contribution in [0.15, 0.2) is 34.9 Å². The summed E-state index contributed by atoms with van der Waals surface area (Å²) < 4.78 is 11.8. The Kier molecular flexibility index (Phi) is 4.74. The van der Waals surface area contributed by atoms with Crippen molar-refractivity contribution >= 4 is 22.2 Å².